The fraction of sp³-hybridized carbons (Fsp3) is 0.500. The molecule has 0 aliphatic heterocycles. The first-order valence-corrected chi connectivity index (χ1v) is 9.54. The summed E-state index contributed by atoms with van der Waals surface area (Å²) in [6.45, 7) is 3.29. The van der Waals surface area contributed by atoms with Crippen LogP contribution in [0.4, 0.5) is 5.69 Å². The number of anilines is 1. The zero-order chi connectivity index (χ0) is 17.7. The van der Waals surface area contributed by atoms with Gasteiger partial charge in [0.25, 0.3) is 0 Å². The van der Waals surface area contributed by atoms with Gasteiger partial charge in [-0.1, -0.05) is 24.6 Å². The summed E-state index contributed by atoms with van der Waals surface area (Å²) in [6, 6.07) is 7.16. The zero-order valence-corrected chi connectivity index (χ0v) is 14.7. The Bertz CT molecular complexity index is 697. The van der Waals surface area contributed by atoms with Crippen molar-refractivity contribution in [2.24, 2.45) is 5.92 Å². The summed E-state index contributed by atoms with van der Waals surface area (Å²) in [5.41, 5.74) is 1.48. The Labute approximate surface area is 142 Å². The van der Waals surface area contributed by atoms with E-state index in [1.807, 2.05) is 6.92 Å². The third-order valence-corrected chi connectivity index (χ3v) is 5.09. The number of carbonyl (C=O) groups is 2. The highest BCUT2D eigenvalue weighted by molar-refractivity contribution is 7.92. The van der Waals surface area contributed by atoms with Crippen LogP contribution in [-0.2, 0) is 19.6 Å². The fourth-order valence-corrected chi connectivity index (χ4v) is 3.48. The van der Waals surface area contributed by atoms with Gasteiger partial charge in [-0.15, -0.1) is 0 Å². The van der Waals surface area contributed by atoms with E-state index < -0.39 is 21.8 Å². The molecule has 1 aliphatic carbocycles. The summed E-state index contributed by atoms with van der Waals surface area (Å²) < 4.78 is 26.7. The number of carbonyl (C=O) groups excluding carboxylic acids is 2. The van der Waals surface area contributed by atoms with Crippen LogP contribution in [0.1, 0.15) is 25.3 Å². The van der Waals surface area contributed by atoms with Crippen LogP contribution in [0.2, 0.25) is 0 Å². The van der Waals surface area contributed by atoms with Gasteiger partial charge in [0, 0.05) is 11.7 Å². The second-order valence-corrected chi connectivity index (χ2v) is 7.98. The van der Waals surface area contributed by atoms with Gasteiger partial charge in [0.15, 0.2) is 0 Å². The number of sulfonamides is 1. The van der Waals surface area contributed by atoms with Crippen LogP contribution in [0.25, 0.3) is 0 Å². The van der Waals surface area contributed by atoms with Crippen molar-refractivity contribution in [3.8, 4) is 0 Å². The molecule has 2 rings (SSSR count). The summed E-state index contributed by atoms with van der Waals surface area (Å²) in [6.07, 6.45) is 1.94. The average molecular weight is 353 g/mol. The van der Waals surface area contributed by atoms with Gasteiger partial charge in [-0.05, 0) is 31.9 Å². The van der Waals surface area contributed by atoms with Crippen molar-refractivity contribution in [2.75, 3.05) is 17.0 Å². The Balaban J connectivity index is 1.80. The van der Waals surface area contributed by atoms with Gasteiger partial charge >= 0.3 is 0 Å². The SMILES string of the molecule is Cc1ccc(NS(=O)(=O)CC(C)C(=O)NCC(=O)NC2CC2)cc1. The predicted octanol–water partition coefficient (Wildman–Crippen LogP) is 0.768. The molecule has 0 saturated heterocycles. The number of amides is 2. The maximum atomic E-state index is 12.1. The molecule has 8 heteroatoms. The highest BCUT2D eigenvalue weighted by atomic mass is 32.2. The molecule has 1 fully saturated rings. The van der Waals surface area contributed by atoms with E-state index in [-0.39, 0.29) is 24.2 Å². The highest BCUT2D eigenvalue weighted by Crippen LogP contribution is 2.18. The molecule has 0 bridgehead atoms. The molecule has 2 amide bonds. The van der Waals surface area contributed by atoms with E-state index >= 15 is 0 Å². The van der Waals surface area contributed by atoms with Crippen LogP contribution in [0, 0.1) is 12.8 Å². The van der Waals surface area contributed by atoms with E-state index in [1.54, 1.807) is 24.3 Å². The van der Waals surface area contributed by atoms with E-state index in [9.17, 15) is 18.0 Å². The van der Waals surface area contributed by atoms with Gasteiger partial charge in [0.1, 0.15) is 0 Å². The minimum atomic E-state index is -3.65. The molecule has 1 atom stereocenters. The zero-order valence-electron chi connectivity index (χ0n) is 13.8. The Morgan fingerprint density at radius 3 is 2.42 bits per heavy atom. The van der Waals surface area contributed by atoms with Crippen LogP contribution >= 0.6 is 0 Å². The lowest BCUT2D eigenvalue weighted by molar-refractivity contribution is -0.127. The summed E-state index contributed by atoms with van der Waals surface area (Å²) in [7, 11) is -3.65. The molecule has 0 radical (unpaired) electrons. The van der Waals surface area contributed by atoms with Crippen LogP contribution in [-0.4, -0.2) is 38.6 Å². The highest BCUT2D eigenvalue weighted by Gasteiger charge is 2.25. The first-order chi connectivity index (χ1) is 11.2. The molecule has 24 heavy (non-hydrogen) atoms. The molecule has 1 unspecified atom stereocenters. The molecule has 0 heterocycles. The Morgan fingerprint density at radius 2 is 1.83 bits per heavy atom. The van der Waals surface area contributed by atoms with Crippen molar-refractivity contribution in [3.05, 3.63) is 29.8 Å². The van der Waals surface area contributed by atoms with E-state index in [1.165, 1.54) is 6.92 Å². The molecule has 0 spiro atoms. The van der Waals surface area contributed by atoms with Crippen molar-refractivity contribution >= 4 is 27.5 Å². The number of nitrogens with one attached hydrogen (secondary N) is 3. The first-order valence-electron chi connectivity index (χ1n) is 7.89. The topological polar surface area (TPSA) is 104 Å². The van der Waals surface area contributed by atoms with Crippen LogP contribution < -0.4 is 15.4 Å². The predicted molar refractivity (Wildman–Crippen MR) is 91.9 cm³/mol. The first kappa shape index (κ1) is 18.3. The van der Waals surface area contributed by atoms with Crippen LogP contribution in [0.3, 0.4) is 0 Å². The Kier molecular flexibility index (Phi) is 5.82. The largest absolute Gasteiger partial charge is 0.352 e. The molecule has 132 valence electrons. The molecule has 3 N–H and O–H groups in total. The van der Waals surface area contributed by atoms with Crippen molar-refractivity contribution in [3.63, 3.8) is 0 Å². The van der Waals surface area contributed by atoms with Gasteiger partial charge in [-0.25, -0.2) is 8.42 Å². The fourth-order valence-electron chi connectivity index (χ4n) is 2.10. The molecule has 0 aromatic heterocycles. The molecule has 1 saturated carbocycles. The number of rotatable bonds is 8. The minimum absolute atomic E-state index is 0.134. The molecule has 1 aliphatic rings. The molecule has 1 aromatic carbocycles. The van der Waals surface area contributed by atoms with Gasteiger partial charge in [-0.3, -0.25) is 14.3 Å². The minimum Gasteiger partial charge on any atom is -0.352 e. The molecule has 7 nitrogen and oxygen atoms in total. The lowest BCUT2D eigenvalue weighted by Crippen LogP contribution is -2.41. The average Bonchev–Trinajstić information content (AvgIpc) is 3.30. The van der Waals surface area contributed by atoms with Crippen molar-refractivity contribution in [1.29, 1.82) is 0 Å². The smallest absolute Gasteiger partial charge is 0.239 e. The van der Waals surface area contributed by atoms with Crippen molar-refractivity contribution in [2.45, 2.75) is 32.7 Å². The molecule has 1 aromatic rings. The monoisotopic (exact) mass is 353 g/mol. The number of aryl methyl sites for hydroxylation is 1. The van der Waals surface area contributed by atoms with E-state index in [4.69, 9.17) is 0 Å². The third-order valence-electron chi connectivity index (χ3n) is 3.61. The van der Waals surface area contributed by atoms with E-state index in [0.717, 1.165) is 18.4 Å². The standard InChI is InChI=1S/C16H23N3O4S/c1-11-3-5-14(6-4-11)19-24(22,23)10-12(2)16(21)17-9-15(20)18-13-7-8-13/h3-6,12-13,19H,7-10H2,1-2H3,(H,17,21)(H,18,20). The van der Waals surface area contributed by atoms with Crippen molar-refractivity contribution in [1.82, 2.24) is 10.6 Å². The third kappa shape index (κ3) is 6.19. The summed E-state index contributed by atoms with van der Waals surface area (Å²) in [5.74, 6) is -1.83. The second kappa shape index (κ2) is 7.65. The number of benzene rings is 1. The number of hydrogen-bond donors (Lipinski definition) is 3. The van der Waals surface area contributed by atoms with Gasteiger partial charge in [-0.2, -0.15) is 0 Å². The summed E-state index contributed by atoms with van der Waals surface area (Å²) in [5, 5.41) is 5.22. The maximum absolute atomic E-state index is 12.1. The summed E-state index contributed by atoms with van der Waals surface area (Å²) >= 11 is 0. The normalized spacial score (nSPS) is 15.4. The lowest BCUT2D eigenvalue weighted by Gasteiger charge is -2.14. The lowest BCUT2D eigenvalue weighted by atomic mass is 10.2. The van der Waals surface area contributed by atoms with Crippen LogP contribution in [0.5, 0.6) is 0 Å². The quantitative estimate of drug-likeness (QED) is 0.642. The summed E-state index contributed by atoms with van der Waals surface area (Å²) in [4.78, 5) is 23.5. The number of hydrogen-bond acceptors (Lipinski definition) is 4. The van der Waals surface area contributed by atoms with E-state index in [0.29, 0.717) is 5.69 Å². The Hall–Kier alpha value is -2.09. The molecular formula is C16H23N3O4S. The van der Waals surface area contributed by atoms with Gasteiger partial charge < -0.3 is 10.6 Å². The van der Waals surface area contributed by atoms with Crippen LogP contribution in [0.15, 0.2) is 24.3 Å². The van der Waals surface area contributed by atoms with Crippen molar-refractivity contribution < 1.29 is 18.0 Å². The maximum Gasteiger partial charge on any atom is 0.239 e. The Morgan fingerprint density at radius 1 is 1.21 bits per heavy atom. The van der Waals surface area contributed by atoms with Gasteiger partial charge in [0.05, 0.1) is 18.2 Å². The molecular weight excluding hydrogens is 330 g/mol. The second-order valence-electron chi connectivity index (χ2n) is 6.21. The van der Waals surface area contributed by atoms with Gasteiger partial charge in [0.2, 0.25) is 21.8 Å². The van der Waals surface area contributed by atoms with E-state index in [2.05, 4.69) is 15.4 Å².